The van der Waals surface area contributed by atoms with Crippen LogP contribution in [0.15, 0.2) is 4.52 Å². The quantitative estimate of drug-likeness (QED) is 0.855. The summed E-state index contributed by atoms with van der Waals surface area (Å²) in [7, 11) is 0. The largest absolute Gasteiger partial charge is 0.381 e. The maximum absolute atomic E-state index is 12.3. The van der Waals surface area contributed by atoms with Gasteiger partial charge in [0.15, 0.2) is 5.82 Å². The van der Waals surface area contributed by atoms with Crippen LogP contribution in [-0.4, -0.2) is 47.3 Å². The molecule has 2 aliphatic rings. The molecule has 6 heteroatoms. The zero-order valence-electron chi connectivity index (χ0n) is 14.4. The van der Waals surface area contributed by atoms with E-state index in [1.807, 2.05) is 18.7 Å². The van der Waals surface area contributed by atoms with Gasteiger partial charge in [-0.3, -0.25) is 4.79 Å². The Kier molecular flexibility index (Phi) is 4.71. The van der Waals surface area contributed by atoms with Crippen LogP contribution in [0.4, 0.5) is 0 Å². The first-order valence-electron chi connectivity index (χ1n) is 8.70. The minimum atomic E-state index is -0.213. The van der Waals surface area contributed by atoms with E-state index in [1.165, 1.54) is 0 Å². The number of nitrogens with zero attached hydrogens (tertiary/aromatic N) is 3. The van der Waals surface area contributed by atoms with E-state index in [1.54, 1.807) is 0 Å². The van der Waals surface area contributed by atoms with Gasteiger partial charge in [-0.2, -0.15) is 4.98 Å². The Balaban J connectivity index is 1.74. The second-order valence-electron chi connectivity index (χ2n) is 7.42. The van der Waals surface area contributed by atoms with Gasteiger partial charge in [-0.1, -0.05) is 25.9 Å². The van der Waals surface area contributed by atoms with E-state index in [-0.39, 0.29) is 17.2 Å². The Morgan fingerprint density at radius 2 is 2.09 bits per heavy atom. The third-order valence-electron chi connectivity index (χ3n) is 5.05. The van der Waals surface area contributed by atoms with Gasteiger partial charge in [0.05, 0.1) is 0 Å². The molecule has 2 aliphatic heterocycles. The monoisotopic (exact) mass is 321 g/mol. The molecule has 1 unspecified atom stereocenters. The van der Waals surface area contributed by atoms with Crippen molar-refractivity contribution in [2.24, 2.45) is 5.92 Å². The van der Waals surface area contributed by atoms with Gasteiger partial charge in [0.1, 0.15) is 0 Å². The fourth-order valence-corrected chi connectivity index (χ4v) is 3.57. The standard InChI is InChI=1S/C17H27N3O3/c1-12(2)15(21)20-8-4-7-17(3,11-20)16-18-14(23-19-16)13-5-9-22-10-6-13/h12-13H,4-11H2,1-3H3. The molecule has 1 aromatic rings. The van der Waals surface area contributed by atoms with Crippen molar-refractivity contribution < 1.29 is 14.1 Å². The highest BCUT2D eigenvalue weighted by Gasteiger charge is 2.39. The van der Waals surface area contributed by atoms with Crippen molar-refractivity contribution in [3.8, 4) is 0 Å². The molecule has 1 atom stereocenters. The Hall–Kier alpha value is -1.43. The van der Waals surface area contributed by atoms with Gasteiger partial charge in [0.2, 0.25) is 11.8 Å². The molecule has 128 valence electrons. The average molecular weight is 321 g/mol. The lowest BCUT2D eigenvalue weighted by molar-refractivity contribution is -0.136. The molecule has 2 saturated heterocycles. The molecule has 3 rings (SSSR count). The van der Waals surface area contributed by atoms with E-state index >= 15 is 0 Å². The first-order chi connectivity index (χ1) is 11.0. The molecule has 1 aromatic heterocycles. The molecule has 0 spiro atoms. The summed E-state index contributed by atoms with van der Waals surface area (Å²) in [5.41, 5.74) is -0.213. The van der Waals surface area contributed by atoms with Gasteiger partial charge in [0, 0.05) is 43.6 Å². The van der Waals surface area contributed by atoms with Crippen LogP contribution in [0.1, 0.15) is 64.1 Å². The molecule has 0 aliphatic carbocycles. The molecule has 0 N–H and O–H groups in total. The third-order valence-corrected chi connectivity index (χ3v) is 5.05. The van der Waals surface area contributed by atoms with Gasteiger partial charge < -0.3 is 14.2 Å². The number of aromatic nitrogens is 2. The van der Waals surface area contributed by atoms with Gasteiger partial charge in [-0.05, 0) is 25.7 Å². The second-order valence-corrected chi connectivity index (χ2v) is 7.42. The molecule has 6 nitrogen and oxygen atoms in total. The number of ether oxygens (including phenoxy) is 1. The predicted octanol–water partition coefficient (Wildman–Crippen LogP) is 2.50. The Bertz CT molecular complexity index is 551. The SMILES string of the molecule is CC(C)C(=O)N1CCCC(C)(c2noc(C3CCOCC3)n2)C1. The van der Waals surface area contributed by atoms with E-state index in [0.29, 0.717) is 12.5 Å². The summed E-state index contributed by atoms with van der Waals surface area (Å²) in [6, 6.07) is 0. The maximum atomic E-state index is 12.3. The Morgan fingerprint density at radius 3 is 2.78 bits per heavy atom. The first-order valence-corrected chi connectivity index (χ1v) is 8.70. The topological polar surface area (TPSA) is 68.5 Å². The minimum Gasteiger partial charge on any atom is -0.381 e. The van der Waals surface area contributed by atoms with Gasteiger partial charge in [0.25, 0.3) is 0 Å². The number of likely N-dealkylation sites (tertiary alicyclic amines) is 1. The van der Waals surface area contributed by atoms with Crippen LogP contribution in [-0.2, 0) is 14.9 Å². The summed E-state index contributed by atoms with van der Waals surface area (Å²) in [4.78, 5) is 19.0. The van der Waals surface area contributed by atoms with Crippen molar-refractivity contribution in [2.75, 3.05) is 26.3 Å². The van der Waals surface area contributed by atoms with E-state index in [4.69, 9.17) is 14.2 Å². The predicted molar refractivity (Wildman–Crippen MR) is 85.1 cm³/mol. The van der Waals surface area contributed by atoms with Gasteiger partial charge >= 0.3 is 0 Å². The summed E-state index contributed by atoms with van der Waals surface area (Å²) in [6.45, 7) is 9.07. The van der Waals surface area contributed by atoms with Crippen LogP contribution >= 0.6 is 0 Å². The van der Waals surface area contributed by atoms with Crippen LogP contribution in [0.5, 0.6) is 0 Å². The van der Waals surface area contributed by atoms with E-state index in [0.717, 1.165) is 57.2 Å². The number of rotatable bonds is 3. The highest BCUT2D eigenvalue weighted by molar-refractivity contribution is 5.78. The third kappa shape index (κ3) is 3.42. The van der Waals surface area contributed by atoms with Crippen LogP contribution in [0.3, 0.4) is 0 Å². The van der Waals surface area contributed by atoms with Crippen molar-refractivity contribution in [3.63, 3.8) is 0 Å². The number of carbonyl (C=O) groups excluding carboxylic acids is 1. The molecule has 0 aromatic carbocycles. The van der Waals surface area contributed by atoms with Gasteiger partial charge in [-0.25, -0.2) is 0 Å². The molecular weight excluding hydrogens is 294 g/mol. The van der Waals surface area contributed by atoms with Crippen molar-refractivity contribution in [1.29, 1.82) is 0 Å². The summed E-state index contributed by atoms with van der Waals surface area (Å²) in [5.74, 6) is 2.03. The molecule has 23 heavy (non-hydrogen) atoms. The molecule has 0 radical (unpaired) electrons. The Morgan fingerprint density at radius 1 is 1.35 bits per heavy atom. The van der Waals surface area contributed by atoms with Crippen molar-refractivity contribution >= 4 is 5.91 Å². The molecule has 0 bridgehead atoms. The number of hydrogen-bond donors (Lipinski definition) is 0. The van der Waals surface area contributed by atoms with E-state index in [9.17, 15) is 4.79 Å². The fraction of sp³-hybridized carbons (Fsp3) is 0.824. The van der Waals surface area contributed by atoms with Crippen LogP contribution in [0.2, 0.25) is 0 Å². The molecule has 2 fully saturated rings. The fourth-order valence-electron chi connectivity index (χ4n) is 3.57. The summed E-state index contributed by atoms with van der Waals surface area (Å²) >= 11 is 0. The smallest absolute Gasteiger partial charge is 0.229 e. The van der Waals surface area contributed by atoms with E-state index in [2.05, 4.69) is 12.1 Å². The highest BCUT2D eigenvalue weighted by atomic mass is 16.5. The molecular formula is C17H27N3O3. The number of carbonyl (C=O) groups is 1. The van der Waals surface area contributed by atoms with E-state index < -0.39 is 0 Å². The number of amides is 1. The lowest BCUT2D eigenvalue weighted by Crippen LogP contribution is -2.48. The second kappa shape index (κ2) is 6.59. The molecule has 0 saturated carbocycles. The summed E-state index contributed by atoms with van der Waals surface area (Å²) in [6.07, 6.45) is 3.85. The zero-order chi connectivity index (χ0) is 16.4. The lowest BCUT2D eigenvalue weighted by Gasteiger charge is -2.39. The number of hydrogen-bond acceptors (Lipinski definition) is 5. The number of piperidine rings is 1. The van der Waals surface area contributed by atoms with Crippen LogP contribution in [0, 0.1) is 5.92 Å². The normalized spacial score (nSPS) is 26.7. The van der Waals surface area contributed by atoms with Crippen LogP contribution < -0.4 is 0 Å². The van der Waals surface area contributed by atoms with Crippen molar-refractivity contribution in [2.45, 2.75) is 57.8 Å². The van der Waals surface area contributed by atoms with Crippen molar-refractivity contribution in [3.05, 3.63) is 11.7 Å². The minimum absolute atomic E-state index is 0.0282. The van der Waals surface area contributed by atoms with Gasteiger partial charge in [-0.15, -0.1) is 0 Å². The first kappa shape index (κ1) is 16.4. The molecule has 1 amide bonds. The average Bonchev–Trinajstić information content (AvgIpc) is 3.06. The highest BCUT2D eigenvalue weighted by Crippen LogP contribution is 2.34. The lowest BCUT2D eigenvalue weighted by atomic mass is 9.80. The van der Waals surface area contributed by atoms with Crippen molar-refractivity contribution in [1.82, 2.24) is 15.0 Å². The summed E-state index contributed by atoms with van der Waals surface area (Å²) < 4.78 is 10.9. The summed E-state index contributed by atoms with van der Waals surface area (Å²) in [5, 5.41) is 4.26. The Labute approximate surface area is 137 Å². The maximum Gasteiger partial charge on any atom is 0.229 e. The zero-order valence-corrected chi connectivity index (χ0v) is 14.4. The molecule has 3 heterocycles. The van der Waals surface area contributed by atoms with Crippen LogP contribution in [0.25, 0.3) is 0 Å².